The quantitative estimate of drug-likeness (QED) is 0.575. The van der Waals surface area contributed by atoms with Crippen molar-refractivity contribution in [2.45, 2.75) is 50.4 Å². The zero-order valence-electron chi connectivity index (χ0n) is 19.5. The molecular formula is C23H28BFN2O6S. The van der Waals surface area contributed by atoms with Gasteiger partial charge in [0.1, 0.15) is 12.4 Å². The van der Waals surface area contributed by atoms with Gasteiger partial charge in [0, 0.05) is 12.1 Å². The fraction of sp³-hybridized carbons (Fsp3) is 0.348. The summed E-state index contributed by atoms with van der Waals surface area (Å²) in [6, 6.07) is 12.5. The molecule has 182 valence electrons. The summed E-state index contributed by atoms with van der Waals surface area (Å²) in [5.74, 6) is -0.799. The van der Waals surface area contributed by atoms with Gasteiger partial charge in [-0.1, -0.05) is 42.5 Å². The molecule has 0 unspecified atom stereocenters. The van der Waals surface area contributed by atoms with Gasteiger partial charge in [0.2, 0.25) is 10.0 Å². The van der Waals surface area contributed by atoms with Crippen molar-refractivity contribution in [3.05, 3.63) is 70.9 Å². The highest BCUT2D eigenvalue weighted by atomic mass is 32.2. The van der Waals surface area contributed by atoms with Gasteiger partial charge in [-0.3, -0.25) is 0 Å². The number of halogens is 1. The number of hydrogen-bond acceptors (Lipinski definition) is 6. The Morgan fingerprint density at radius 1 is 1.12 bits per heavy atom. The Balaban J connectivity index is 1.81. The summed E-state index contributed by atoms with van der Waals surface area (Å²) in [6.45, 7) is 7.51. The number of nitrogens with one attached hydrogen (secondary N) is 1. The predicted octanol–water partition coefficient (Wildman–Crippen LogP) is 3.41. The molecule has 3 rings (SSSR count). The first-order valence-corrected chi connectivity index (χ1v) is 12.2. The second kappa shape index (κ2) is 9.87. The molecular weight excluding hydrogens is 462 g/mol. The first kappa shape index (κ1) is 25.9. The van der Waals surface area contributed by atoms with Gasteiger partial charge in [0.15, 0.2) is 0 Å². The summed E-state index contributed by atoms with van der Waals surface area (Å²) in [4.78, 5) is 11.9. The summed E-state index contributed by atoms with van der Waals surface area (Å²) in [7, 11) is -4.93. The average Bonchev–Trinajstić information content (AvgIpc) is 2.97. The van der Waals surface area contributed by atoms with E-state index < -0.39 is 40.3 Å². The normalized spacial score (nSPS) is 17.5. The lowest BCUT2D eigenvalue weighted by Crippen LogP contribution is -2.41. The van der Waals surface area contributed by atoms with Crippen LogP contribution in [0.1, 0.15) is 38.8 Å². The van der Waals surface area contributed by atoms with Gasteiger partial charge < -0.3 is 19.4 Å². The Labute approximate surface area is 199 Å². The maximum atomic E-state index is 14.7. The van der Waals surface area contributed by atoms with Crippen LogP contribution in [0.2, 0.25) is 0 Å². The van der Waals surface area contributed by atoms with Crippen LogP contribution in [0.25, 0.3) is 6.08 Å². The zero-order valence-corrected chi connectivity index (χ0v) is 20.3. The Hall–Kier alpha value is -2.73. The number of benzene rings is 2. The van der Waals surface area contributed by atoms with Gasteiger partial charge >= 0.3 is 13.2 Å². The van der Waals surface area contributed by atoms with Crippen LogP contribution >= 0.6 is 0 Å². The lowest BCUT2D eigenvalue weighted by Gasteiger charge is -2.32. The molecule has 34 heavy (non-hydrogen) atoms. The molecule has 1 saturated heterocycles. The molecule has 3 N–H and O–H groups in total. The van der Waals surface area contributed by atoms with Crippen LogP contribution in [0, 0.1) is 5.82 Å². The Bertz CT molecular complexity index is 1170. The minimum Gasteiger partial charge on any atom is -0.445 e. The van der Waals surface area contributed by atoms with Crippen molar-refractivity contribution in [3.63, 3.8) is 0 Å². The topological polar surface area (TPSA) is 117 Å². The predicted molar refractivity (Wildman–Crippen MR) is 126 cm³/mol. The van der Waals surface area contributed by atoms with Crippen LogP contribution in [0.4, 0.5) is 9.18 Å². The summed E-state index contributed by atoms with van der Waals surface area (Å²) in [6.07, 6.45) is 0.776. The number of nitrogens with two attached hydrogens (primary N) is 1. The first-order chi connectivity index (χ1) is 15.8. The molecule has 1 aliphatic heterocycles. The van der Waals surface area contributed by atoms with Crippen LogP contribution in [-0.4, -0.2) is 39.4 Å². The maximum absolute atomic E-state index is 14.7. The average molecular weight is 490 g/mol. The summed E-state index contributed by atoms with van der Waals surface area (Å²) >= 11 is 0. The highest BCUT2D eigenvalue weighted by Gasteiger charge is 2.52. The van der Waals surface area contributed by atoms with E-state index in [2.05, 4.69) is 5.32 Å². The summed E-state index contributed by atoms with van der Waals surface area (Å²) in [5.41, 5.74) is -0.00757. The van der Waals surface area contributed by atoms with Gasteiger partial charge in [0.25, 0.3) is 0 Å². The molecule has 8 nitrogen and oxygen atoms in total. The number of carbonyl (C=O) groups is 1. The summed E-state index contributed by atoms with van der Waals surface area (Å²) in [5, 5.41) is 7.71. The number of hydrogen-bond donors (Lipinski definition) is 2. The second-order valence-electron chi connectivity index (χ2n) is 8.95. The molecule has 1 heterocycles. The minimum absolute atomic E-state index is 0.0547. The largest absolute Gasteiger partial charge is 0.492 e. The number of sulfonamides is 1. The maximum Gasteiger partial charge on any atom is 0.492 e. The number of amides is 1. The molecule has 1 aliphatic rings. The Morgan fingerprint density at radius 3 is 2.29 bits per heavy atom. The monoisotopic (exact) mass is 490 g/mol. The molecule has 1 amide bonds. The van der Waals surface area contributed by atoms with Gasteiger partial charge in [-0.2, -0.15) is 0 Å². The molecule has 0 atom stereocenters. The van der Waals surface area contributed by atoms with Crippen molar-refractivity contribution in [2.75, 3.05) is 6.54 Å². The lowest BCUT2D eigenvalue weighted by molar-refractivity contribution is 0.00578. The number of carbonyl (C=O) groups excluding carboxylic acids is 1. The van der Waals surface area contributed by atoms with Gasteiger partial charge in [-0.05, 0) is 50.9 Å². The van der Waals surface area contributed by atoms with Crippen LogP contribution in [0.3, 0.4) is 0 Å². The molecule has 0 radical (unpaired) electrons. The van der Waals surface area contributed by atoms with Crippen molar-refractivity contribution >= 4 is 29.3 Å². The van der Waals surface area contributed by atoms with E-state index in [1.807, 2.05) is 58.0 Å². The number of ether oxygens (including phenoxy) is 1. The molecule has 0 aliphatic carbocycles. The third kappa shape index (κ3) is 6.23. The van der Waals surface area contributed by atoms with Gasteiger partial charge in [0.05, 0.1) is 16.1 Å². The third-order valence-corrected chi connectivity index (χ3v) is 6.76. The highest BCUT2D eigenvalue weighted by molar-refractivity contribution is 7.89. The van der Waals surface area contributed by atoms with Crippen molar-refractivity contribution in [1.82, 2.24) is 5.32 Å². The van der Waals surface area contributed by atoms with Gasteiger partial charge in [-0.15, -0.1) is 0 Å². The van der Waals surface area contributed by atoms with E-state index in [9.17, 15) is 17.6 Å². The molecule has 11 heteroatoms. The van der Waals surface area contributed by atoms with E-state index >= 15 is 0 Å². The van der Waals surface area contributed by atoms with Crippen molar-refractivity contribution in [1.29, 1.82) is 0 Å². The molecule has 0 spiro atoms. The zero-order chi connectivity index (χ0) is 25.1. The number of rotatable bonds is 7. The fourth-order valence-electron chi connectivity index (χ4n) is 3.15. The van der Waals surface area contributed by atoms with Crippen molar-refractivity contribution < 1.29 is 31.6 Å². The Morgan fingerprint density at radius 2 is 1.74 bits per heavy atom. The van der Waals surface area contributed by atoms with E-state index in [4.69, 9.17) is 19.2 Å². The standard InChI is InChI=1S/C23H28BFN2O6S/c1-22(2)23(3,4)33-24(32-22)18(12-17-10-11-19(13-20(17)25)34(26,29)30)14-27-21(28)31-15-16-8-6-5-7-9-16/h5-13H,14-15H2,1-4H3,(H,27,28)(H2,26,29,30). The molecule has 2 aromatic rings. The van der Waals surface area contributed by atoms with Gasteiger partial charge in [-0.25, -0.2) is 22.7 Å². The van der Waals surface area contributed by atoms with Crippen LogP contribution in [0.5, 0.6) is 0 Å². The molecule has 0 saturated carbocycles. The van der Waals surface area contributed by atoms with Crippen LogP contribution in [0.15, 0.2) is 58.9 Å². The molecule has 2 aromatic carbocycles. The van der Waals surface area contributed by atoms with E-state index in [0.29, 0.717) is 5.47 Å². The smallest absolute Gasteiger partial charge is 0.445 e. The summed E-state index contributed by atoms with van der Waals surface area (Å²) < 4.78 is 55.0. The van der Waals surface area contributed by atoms with E-state index in [1.165, 1.54) is 18.2 Å². The van der Waals surface area contributed by atoms with Crippen molar-refractivity contribution in [3.8, 4) is 0 Å². The van der Waals surface area contributed by atoms with E-state index in [0.717, 1.165) is 11.6 Å². The SMILES string of the molecule is CC1(C)OB(C(=Cc2ccc(S(N)(=O)=O)cc2F)CNC(=O)OCc2ccccc2)OC1(C)C. The Kier molecular flexibility index (Phi) is 7.51. The van der Waals surface area contributed by atoms with E-state index in [1.54, 1.807) is 0 Å². The highest BCUT2D eigenvalue weighted by Crippen LogP contribution is 2.38. The van der Waals surface area contributed by atoms with Crippen LogP contribution < -0.4 is 10.5 Å². The fourth-order valence-corrected chi connectivity index (χ4v) is 3.67. The number of primary sulfonamides is 1. The second-order valence-corrected chi connectivity index (χ2v) is 10.5. The first-order valence-electron chi connectivity index (χ1n) is 10.6. The van der Waals surface area contributed by atoms with Crippen molar-refractivity contribution in [2.24, 2.45) is 5.14 Å². The lowest BCUT2D eigenvalue weighted by atomic mass is 9.77. The van der Waals surface area contributed by atoms with Crippen LogP contribution in [-0.2, 0) is 30.7 Å². The third-order valence-electron chi connectivity index (χ3n) is 5.85. The molecule has 0 bridgehead atoms. The molecule has 1 fully saturated rings. The number of alkyl carbamates (subject to hydrolysis) is 1. The minimum atomic E-state index is -4.05. The molecule has 0 aromatic heterocycles. The van der Waals surface area contributed by atoms with E-state index in [-0.39, 0.29) is 23.6 Å².